The average molecular weight is 1040 g/mol. The van der Waals surface area contributed by atoms with Crippen LogP contribution in [0.15, 0.2) is 109 Å². The summed E-state index contributed by atoms with van der Waals surface area (Å²) < 4.78 is 70.7. The second kappa shape index (κ2) is 14.9. The second-order valence-corrected chi connectivity index (χ2v) is 30.3. The third-order valence-corrected chi connectivity index (χ3v) is 22.4. The van der Waals surface area contributed by atoms with Crippen molar-refractivity contribution in [3.8, 4) is 16.8 Å². The van der Waals surface area contributed by atoms with E-state index in [1.54, 1.807) is 10.4 Å². The van der Waals surface area contributed by atoms with Crippen molar-refractivity contribution in [3.05, 3.63) is 142 Å². The summed E-state index contributed by atoms with van der Waals surface area (Å²) in [6.07, 6.45) is 9.44. The van der Waals surface area contributed by atoms with E-state index in [1.807, 2.05) is 34.6 Å². The van der Waals surface area contributed by atoms with Crippen LogP contribution in [0.3, 0.4) is 0 Å². The van der Waals surface area contributed by atoms with E-state index in [0.29, 0.717) is 38.9 Å². The number of hydrogen-bond acceptors (Lipinski definition) is 4. The quantitative estimate of drug-likeness (QED) is 0.160. The topological polar surface area (TPSA) is 14.7 Å². The number of rotatable bonds is 2. The van der Waals surface area contributed by atoms with Gasteiger partial charge < -0.3 is 19.3 Å². The summed E-state index contributed by atoms with van der Waals surface area (Å²) in [4.78, 5) is 9.60. The molecular weight excluding hydrogens is 952 g/mol. The minimum atomic E-state index is -0.991. The number of aromatic nitrogens is 1. The van der Waals surface area contributed by atoms with Crippen molar-refractivity contribution < 1.29 is 9.60 Å². The third-order valence-electron chi connectivity index (χ3n) is 21.0. The first-order chi connectivity index (χ1) is 39.2. The van der Waals surface area contributed by atoms with Crippen LogP contribution in [0.5, 0.6) is 0 Å². The Bertz CT molecular complexity index is 4330. The Morgan fingerprint density at radius 3 is 1.95 bits per heavy atom. The molecule has 6 aromatic carbocycles. The smallest absolute Gasteiger partial charge is 0.252 e. The summed E-state index contributed by atoms with van der Waals surface area (Å²) in [5.74, 6) is 0. The van der Waals surface area contributed by atoms with Crippen LogP contribution < -0.4 is 31.1 Å². The van der Waals surface area contributed by atoms with E-state index in [9.17, 15) is 8.22 Å². The van der Waals surface area contributed by atoms with Crippen LogP contribution in [0, 0.1) is 0 Å². The maximum atomic E-state index is 10.0. The van der Waals surface area contributed by atoms with Gasteiger partial charge in [0.2, 0.25) is 0 Å². The SMILES string of the molecule is [2H]c1c([2H])c2c(c([2H])c1C(C)(C)C)-c1c(n(-c3ccc4c(c3)N(C(C)(C)C)c3cc(N5c6ccccc6C6(C)CCCCC56C)cc5c3B4c3cc4c6c(sc4cc3N5C(C)(C)C)C3(C)CCC6(C)CC3)c3c([2H])c([2H])c([2H])c([2H])c13)C2(C)C. The zero-order chi connectivity index (χ0) is 59.8. The van der Waals surface area contributed by atoms with Gasteiger partial charge in [0.15, 0.2) is 0 Å². The lowest BCUT2D eigenvalue weighted by Crippen LogP contribution is -2.65. The molecule has 0 radical (unpaired) electrons. The van der Waals surface area contributed by atoms with E-state index in [-0.39, 0.29) is 76.3 Å². The number of nitrogens with zero attached hydrogens (tertiary/aromatic N) is 4. The van der Waals surface area contributed by atoms with Crippen LogP contribution in [0.2, 0.25) is 0 Å². The summed E-state index contributed by atoms with van der Waals surface area (Å²) in [5.41, 5.74) is 15.4. The zero-order valence-corrected chi connectivity index (χ0v) is 49.1. The van der Waals surface area contributed by atoms with E-state index < -0.39 is 16.4 Å². The lowest BCUT2D eigenvalue weighted by atomic mass is 9.33. The molecule has 0 saturated heterocycles. The fourth-order valence-electron chi connectivity index (χ4n) is 16.9. The summed E-state index contributed by atoms with van der Waals surface area (Å²) in [6.45, 7) is 34.1. The molecule has 2 unspecified atom stereocenters. The molecular formula is C71H79BN4S. The molecule has 3 aliphatic heterocycles. The third kappa shape index (κ3) is 6.07. The van der Waals surface area contributed by atoms with Crippen molar-refractivity contribution >= 4 is 89.6 Å². The highest BCUT2D eigenvalue weighted by Gasteiger charge is 2.59. The van der Waals surface area contributed by atoms with Gasteiger partial charge in [-0.1, -0.05) is 135 Å². The Hall–Kier alpha value is -5.72. The van der Waals surface area contributed by atoms with E-state index in [4.69, 9.17) is 1.37 Å². The molecule has 8 aromatic rings. The highest BCUT2D eigenvalue weighted by molar-refractivity contribution is 7.19. The van der Waals surface area contributed by atoms with Gasteiger partial charge in [0, 0.05) is 93.4 Å². The molecule has 5 heterocycles. The molecule has 5 aliphatic carbocycles. The van der Waals surface area contributed by atoms with Crippen molar-refractivity contribution in [2.24, 2.45) is 0 Å². The number of benzene rings is 6. The van der Waals surface area contributed by atoms with E-state index in [0.717, 1.165) is 29.9 Å². The van der Waals surface area contributed by atoms with Crippen molar-refractivity contribution in [3.63, 3.8) is 0 Å². The largest absolute Gasteiger partial charge is 0.337 e. The summed E-state index contributed by atoms with van der Waals surface area (Å²) in [6, 6.07) is 25.5. The van der Waals surface area contributed by atoms with Gasteiger partial charge in [-0.05, 0) is 190 Å². The highest BCUT2D eigenvalue weighted by atomic mass is 32.1. The van der Waals surface area contributed by atoms with Crippen molar-refractivity contribution in [1.82, 2.24) is 4.57 Å². The molecule has 16 rings (SSSR count). The molecule has 2 bridgehead atoms. The molecule has 8 aliphatic rings. The van der Waals surface area contributed by atoms with Crippen LogP contribution in [0.25, 0.3) is 37.8 Å². The minimum absolute atomic E-state index is 0.0302. The molecule has 6 heteroatoms. The van der Waals surface area contributed by atoms with Gasteiger partial charge in [-0.2, -0.15) is 0 Å². The minimum Gasteiger partial charge on any atom is -0.337 e. The number of thiophene rings is 1. The highest BCUT2D eigenvalue weighted by Crippen LogP contribution is 2.64. The molecule has 0 amide bonds. The van der Waals surface area contributed by atoms with Crippen molar-refractivity contribution in [1.29, 1.82) is 0 Å². The summed E-state index contributed by atoms with van der Waals surface area (Å²) in [5, 5.41) is 1.75. The molecule has 0 spiro atoms. The van der Waals surface area contributed by atoms with E-state index in [1.165, 1.54) is 93.3 Å². The Morgan fingerprint density at radius 2 is 1.25 bits per heavy atom. The molecule has 2 aromatic heterocycles. The van der Waals surface area contributed by atoms with E-state index in [2.05, 4.69) is 167 Å². The van der Waals surface area contributed by atoms with Crippen molar-refractivity contribution in [2.75, 3.05) is 14.7 Å². The first kappa shape index (κ1) is 41.3. The van der Waals surface area contributed by atoms with Crippen LogP contribution in [0.1, 0.15) is 198 Å². The normalized spacial score (nSPS) is 26.7. The Kier molecular flexibility index (Phi) is 8.02. The molecule has 2 atom stereocenters. The standard InChI is InChI=1S/C71H79BN4S/c1-64(2,3)42-26-28-48-46(36-42)59-45-22-16-18-24-52(45)73(62(59)67(48,10)11)43-27-29-50-54(37-43)75(65(4,5)6)56-38-44(74-53-25-19-17-23-49(53)70(14)30-20-21-31-71(70,74)15)39-57-61(56)72(50)51-40-47-58(41-55(51)76(57)66(7,8)9)77-63-60(47)68(12)32-34-69(63,13)35-33-68/h16-19,22-29,36-41H,20-21,30-35H2,1-15H3/i16D,18D,22D,24D,26D,28D,36D. The van der Waals surface area contributed by atoms with Gasteiger partial charge in [0.1, 0.15) is 0 Å². The number of fused-ring (bicyclic) bond motifs is 15. The Morgan fingerprint density at radius 1 is 0.597 bits per heavy atom. The molecule has 0 N–H and O–H groups in total. The molecule has 77 heavy (non-hydrogen) atoms. The van der Waals surface area contributed by atoms with Gasteiger partial charge >= 0.3 is 0 Å². The Labute approximate surface area is 473 Å². The van der Waals surface area contributed by atoms with Gasteiger partial charge in [-0.15, -0.1) is 11.3 Å². The maximum absolute atomic E-state index is 10.0. The molecule has 4 nitrogen and oxygen atoms in total. The predicted molar refractivity (Wildman–Crippen MR) is 332 cm³/mol. The second-order valence-electron chi connectivity index (χ2n) is 29.2. The van der Waals surface area contributed by atoms with E-state index >= 15 is 0 Å². The zero-order valence-electron chi connectivity index (χ0n) is 55.3. The van der Waals surface area contributed by atoms with Gasteiger partial charge in [-0.25, -0.2) is 0 Å². The van der Waals surface area contributed by atoms with Gasteiger partial charge in [0.05, 0.1) is 20.7 Å². The molecule has 2 saturated carbocycles. The molecule has 2 fully saturated rings. The summed E-state index contributed by atoms with van der Waals surface area (Å²) >= 11 is 2.05. The lowest BCUT2D eigenvalue weighted by molar-refractivity contribution is 0.194. The average Bonchev–Trinajstić information content (AvgIpc) is 1.39. The summed E-state index contributed by atoms with van der Waals surface area (Å²) in [7, 11) is 0. The number of anilines is 6. The fraction of sp³-hybridized carbons (Fsp3) is 0.437. The monoisotopic (exact) mass is 1040 g/mol. The van der Waals surface area contributed by atoms with Gasteiger partial charge in [0.25, 0.3) is 6.71 Å². The maximum Gasteiger partial charge on any atom is 0.252 e. The molecule has 392 valence electrons. The van der Waals surface area contributed by atoms with Crippen molar-refractivity contribution in [2.45, 2.75) is 199 Å². The van der Waals surface area contributed by atoms with Gasteiger partial charge in [-0.3, -0.25) is 0 Å². The first-order valence-electron chi connectivity index (χ1n) is 32.5. The Balaban J connectivity index is 1.07. The predicted octanol–water partition coefficient (Wildman–Crippen LogP) is 17.3. The number of hydrogen-bond donors (Lipinski definition) is 0. The van der Waals surface area contributed by atoms with Crippen LogP contribution in [-0.2, 0) is 27.1 Å². The van der Waals surface area contributed by atoms with Crippen LogP contribution in [-0.4, -0.2) is 27.9 Å². The first-order valence-corrected chi connectivity index (χ1v) is 29.8. The van der Waals surface area contributed by atoms with Crippen LogP contribution in [0.4, 0.5) is 34.1 Å². The fourth-order valence-corrected chi connectivity index (χ4v) is 18.4. The lowest BCUT2D eigenvalue weighted by Gasteiger charge is -2.53. The number of para-hydroxylation sites is 2. The van der Waals surface area contributed by atoms with Crippen LogP contribution >= 0.6 is 11.3 Å².